The molecule has 1 rings (SSSR count). The van der Waals surface area contributed by atoms with Crippen LogP contribution in [0.5, 0.6) is 0 Å². The Morgan fingerprint density at radius 2 is 2.11 bits per heavy atom. The number of aliphatic hydroxyl groups excluding tert-OH is 3. The summed E-state index contributed by atoms with van der Waals surface area (Å²) in [5.41, 5.74) is 0. The lowest BCUT2D eigenvalue weighted by Gasteiger charge is -2.33. The van der Waals surface area contributed by atoms with Gasteiger partial charge in [0.25, 0.3) is 0 Å². The van der Waals surface area contributed by atoms with Crippen molar-refractivity contribution in [2.24, 2.45) is 0 Å². The third-order valence-corrected chi connectivity index (χ3v) is 2.49. The van der Waals surface area contributed by atoms with Crippen LogP contribution in [0.2, 0.25) is 0 Å². The largest absolute Gasteiger partial charge is 0.478 e. The molecule has 0 radical (unpaired) electrons. The van der Waals surface area contributed by atoms with E-state index >= 15 is 0 Å². The van der Waals surface area contributed by atoms with E-state index in [1.807, 2.05) is 0 Å². The summed E-state index contributed by atoms with van der Waals surface area (Å²) < 4.78 is 14.0. The molecule has 0 amide bonds. The highest BCUT2D eigenvalue weighted by Gasteiger charge is 2.39. The van der Waals surface area contributed by atoms with Crippen LogP contribution in [0.15, 0.2) is 11.8 Å². The molecule has 3 N–H and O–H groups in total. The van der Waals surface area contributed by atoms with Gasteiger partial charge in [0.05, 0.1) is 7.11 Å². The summed E-state index contributed by atoms with van der Waals surface area (Å²) >= 11 is 0. The average Bonchev–Trinajstić information content (AvgIpc) is 2.37. The van der Waals surface area contributed by atoms with E-state index < -0.39 is 43.0 Å². The fraction of sp³-hybridized carbons (Fsp3) is 0.636. The number of methoxy groups -OCH3 is 1. The number of esters is 2. The van der Waals surface area contributed by atoms with Crippen LogP contribution in [0.1, 0.15) is 6.92 Å². The first-order valence-corrected chi connectivity index (χ1v) is 5.51. The number of aliphatic hydroxyl groups is 3. The Labute approximate surface area is 109 Å². The van der Waals surface area contributed by atoms with E-state index in [2.05, 4.69) is 9.47 Å². The molecule has 0 aromatic carbocycles. The fourth-order valence-electron chi connectivity index (χ4n) is 1.52. The highest BCUT2D eigenvalue weighted by molar-refractivity contribution is 5.86. The second-order valence-corrected chi connectivity index (χ2v) is 3.96. The Bertz CT molecular complexity index is 377. The van der Waals surface area contributed by atoms with Gasteiger partial charge in [-0.15, -0.1) is 0 Å². The van der Waals surface area contributed by atoms with E-state index in [1.165, 1.54) is 0 Å². The molecular formula is C11H16O8. The monoisotopic (exact) mass is 276 g/mol. The molecular weight excluding hydrogens is 260 g/mol. The van der Waals surface area contributed by atoms with E-state index in [-0.39, 0.29) is 5.76 Å². The van der Waals surface area contributed by atoms with Crippen LogP contribution in [-0.4, -0.2) is 65.4 Å². The van der Waals surface area contributed by atoms with Gasteiger partial charge in [-0.2, -0.15) is 0 Å². The summed E-state index contributed by atoms with van der Waals surface area (Å²) in [6.45, 7) is 0.720. The van der Waals surface area contributed by atoms with Crippen molar-refractivity contribution in [3.05, 3.63) is 11.8 Å². The molecule has 0 saturated heterocycles. The van der Waals surface area contributed by atoms with E-state index in [9.17, 15) is 24.9 Å². The van der Waals surface area contributed by atoms with Gasteiger partial charge in [0.15, 0.2) is 6.10 Å². The molecule has 8 heteroatoms. The molecule has 4 atom stereocenters. The van der Waals surface area contributed by atoms with Crippen molar-refractivity contribution in [3.8, 4) is 0 Å². The van der Waals surface area contributed by atoms with Gasteiger partial charge < -0.3 is 29.5 Å². The highest BCUT2D eigenvalue weighted by atomic mass is 16.6. The molecule has 19 heavy (non-hydrogen) atoms. The minimum atomic E-state index is -1.46. The first-order valence-electron chi connectivity index (χ1n) is 5.51. The summed E-state index contributed by atoms with van der Waals surface area (Å²) in [5, 5.41) is 29.0. The highest BCUT2D eigenvalue weighted by Crippen LogP contribution is 2.22. The predicted molar refractivity (Wildman–Crippen MR) is 59.6 cm³/mol. The molecule has 108 valence electrons. The van der Waals surface area contributed by atoms with E-state index in [4.69, 9.17) is 4.74 Å². The molecule has 0 aromatic rings. The standard InChI is InChI=1S/C11H16O8/c1-5(12)18-4-7(14)10-9(15)6(13)3-8(19-10)11(16)17-2/h3,6-7,9-10,13-15H,4H2,1-2H3/t6-,7-,9-,10?/m1/s1. The molecule has 0 saturated carbocycles. The third-order valence-electron chi connectivity index (χ3n) is 2.49. The van der Waals surface area contributed by atoms with Crippen molar-refractivity contribution in [2.75, 3.05) is 13.7 Å². The Kier molecular flexibility index (Phi) is 5.28. The molecule has 1 unspecified atom stereocenters. The van der Waals surface area contributed by atoms with Crippen LogP contribution in [0.25, 0.3) is 0 Å². The fourth-order valence-corrected chi connectivity index (χ4v) is 1.52. The molecule has 0 aliphatic carbocycles. The second kappa shape index (κ2) is 6.50. The quantitative estimate of drug-likeness (QED) is 0.508. The van der Waals surface area contributed by atoms with Gasteiger partial charge in [0.1, 0.15) is 24.9 Å². The maximum atomic E-state index is 11.3. The summed E-state index contributed by atoms with van der Waals surface area (Å²) in [7, 11) is 1.12. The van der Waals surface area contributed by atoms with Crippen molar-refractivity contribution in [1.29, 1.82) is 0 Å². The normalized spacial score (nSPS) is 27.8. The zero-order chi connectivity index (χ0) is 14.6. The minimum absolute atomic E-state index is 0.327. The third kappa shape index (κ3) is 3.91. The number of carbonyl (C=O) groups is 2. The molecule has 0 spiro atoms. The topological polar surface area (TPSA) is 123 Å². The van der Waals surface area contributed by atoms with Gasteiger partial charge >= 0.3 is 11.9 Å². The molecule has 8 nitrogen and oxygen atoms in total. The number of ether oxygens (including phenoxy) is 3. The van der Waals surface area contributed by atoms with E-state index in [1.54, 1.807) is 0 Å². The van der Waals surface area contributed by atoms with Crippen molar-refractivity contribution < 1.29 is 39.1 Å². The van der Waals surface area contributed by atoms with Crippen molar-refractivity contribution in [2.45, 2.75) is 31.3 Å². The van der Waals surface area contributed by atoms with Crippen LogP contribution in [-0.2, 0) is 23.8 Å². The molecule has 0 aromatic heterocycles. The van der Waals surface area contributed by atoms with Crippen LogP contribution < -0.4 is 0 Å². The van der Waals surface area contributed by atoms with Crippen LogP contribution in [0, 0.1) is 0 Å². The number of hydrogen-bond acceptors (Lipinski definition) is 8. The summed E-state index contributed by atoms with van der Waals surface area (Å²) in [4.78, 5) is 21.9. The molecule has 0 bridgehead atoms. The first-order chi connectivity index (χ1) is 8.86. The summed E-state index contributed by atoms with van der Waals surface area (Å²) in [5.74, 6) is -1.79. The molecule has 1 aliphatic rings. The maximum absolute atomic E-state index is 11.3. The summed E-state index contributed by atoms with van der Waals surface area (Å²) in [6, 6.07) is 0. The van der Waals surface area contributed by atoms with Gasteiger partial charge in [0, 0.05) is 6.92 Å². The van der Waals surface area contributed by atoms with Crippen LogP contribution in [0.3, 0.4) is 0 Å². The Morgan fingerprint density at radius 3 is 2.63 bits per heavy atom. The van der Waals surface area contributed by atoms with Gasteiger partial charge in [-0.05, 0) is 6.08 Å². The summed E-state index contributed by atoms with van der Waals surface area (Å²) in [6.07, 6.45) is -4.60. The zero-order valence-electron chi connectivity index (χ0n) is 10.5. The zero-order valence-corrected chi connectivity index (χ0v) is 10.5. The average molecular weight is 276 g/mol. The van der Waals surface area contributed by atoms with Gasteiger partial charge in [-0.3, -0.25) is 4.79 Å². The number of rotatable bonds is 4. The van der Waals surface area contributed by atoms with Gasteiger partial charge in [-0.25, -0.2) is 4.79 Å². The smallest absolute Gasteiger partial charge is 0.373 e. The number of carbonyl (C=O) groups excluding carboxylic acids is 2. The molecule has 1 heterocycles. The van der Waals surface area contributed by atoms with Crippen LogP contribution in [0.4, 0.5) is 0 Å². The lowest BCUT2D eigenvalue weighted by molar-refractivity contribution is -0.164. The van der Waals surface area contributed by atoms with Crippen LogP contribution >= 0.6 is 0 Å². The first kappa shape index (κ1) is 15.4. The van der Waals surface area contributed by atoms with Crippen molar-refractivity contribution in [3.63, 3.8) is 0 Å². The predicted octanol–water partition coefficient (Wildman–Crippen LogP) is -1.91. The molecule has 0 fully saturated rings. The number of hydrogen-bond donors (Lipinski definition) is 3. The lowest BCUT2D eigenvalue weighted by atomic mass is 10.00. The minimum Gasteiger partial charge on any atom is -0.478 e. The van der Waals surface area contributed by atoms with Crippen molar-refractivity contribution >= 4 is 11.9 Å². The van der Waals surface area contributed by atoms with Gasteiger partial charge in [-0.1, -0.05) is 0 Å². The maximum Gasteiger partial charge on any atom is 0.373 e. The molecule has 1 aliphatic heterocycles. The van der Waals surface area contributed by atoms with E-state index in [0.29, 0.717) is 0 Å². The Balaban J connectivity index is 2.75. The Morgan fingerprint density at radius 1 is 1.47 bits per heavy atom. The SMILES string of the molecule is COC(=O)C1=C[C@@H](O)[C@@H](O)C([C@H](O)COC(C)=O)O1. The van der Waals surface area contributed by atoms with E-state index in [0.717, 1.165) is 20.1 Å². The second-order valence-electron chi connectivity index (χ2n) is 3.96. The Hall–Kier alpha value is -1.64. The van der Waals surface area contributed by atoms with Crippen molar-refractivity contribution in [1.82, 2.24) is 0 Å². The van der Waals surface area contributed by atoms with Gasteiger partial charge in [0.2, 0.25) is 5.76 Å². The lowest BCUT2D eigenvalue weighted by Crippen LogP contribution is -2.50.